The Morgan fingerprint density at radius 3 is 2.73 bits per heavy atom. The Balaban J connectivity index is 1.59. The Labute approximate surface area is 126 Å². The predicted molar refractivity (Wildman–Crippen MR) is 80.0 cm³/mol. The Morgan fingerprint density at radius 1 is 1.18 bits per heavy atom. The maximum atomic E-state index is 13.1. The minimum absolute atomic E-state index is 0.0438. The monoisotopic (exact) mass is 298 g/mol. The zero-order valence-corrected chi connectivity index (χ0v) is 11.9. The molecule has 3 aromatic rings. The first-order valence-corrected chi connectivity index (χ1v) is 7.32. The molecule has 6 heteroatoms. The molecule has 1 aliphatic carbocycles. The Morgan fingerprint density at radius 2 is 2.00 bits per heavy atom. The number of nitrogens with zero attached hydrogens (tertiary/aromatic N) is 3. The molecule has 0 spiro atoms. The molecular formula is C16H15FN4O. The van der Waals surface area contributed by atoms with Gasteiger partial charge < -0.3 is 9.84 Å². The van der Waals surface area contributed by atoms with E-state index in [1.165, 1.54) is 30.4 Å². The van der Waals surface area contributed by atoms with Crippen LogP contribution in [0, 0.1) is 5.82 Å². The molecule has 2 aromatic heterocycles. The van der Waals surface area contributed by atoms with Gasteiger partial charge in [-0.15, -0.1) is 0 Å². The van der Waals surface area contributed by atoms with E-state index in [0.29, 0.717) is 5.71 Å². The maximum Gasteiger partial charge on any atom is 0.262 e. The number of anilines is 1. The topological polar surface area (TPSA) is 63.8 Å². The summed E-state index contributed by atoms with van der Waals surface area (Å²) in [6.07, 6.45) is 6.43. The molecule has 1 aliphatic rings. The minimum Gasteiger partial charge on any atom is -0.368 e. The van der Waals surface area contributed by atoms with Crippen LogP contribution in [-0.2, 0) is 5.41 Å². The van der Waals surface area contributed by atoms with Gasteiger partial charge in [-0.05, 0) is 30.5 Å². The summed E-state index contributed by atoms with van der Waals surface area (Å²) < 4.78 is 18.2. The van der Waals surface area contributed by atoms with Crippen molar-refractivity contribution in [1.82, 2.24) is 15.1 Å². The zero-order chi connectivity index (χ0) is 15.0. The van der Waals surface area contributed by atoms with Gasteiger partial charge >= 0.3 is 0 Å². The largest absolute Gasteiger partial charge is 0.368 e. The van der Waals surface area contributed by atoms with Gasteiger partial charge in [0.25, 0.3) is 5.71 Å². The predicted octanol–water partition coefficient (Wildman–Crippen LogP) is 3.29. The van der Waals surface area contributed by atoms with Gasteiger partial charge in [0.05, 0.1) is 6.20 Å². The van der Waals surface area contributed by atoms with Crippen LogP contribution in [0.3, 0.4) is 0 Å². The summed E-state index contributed by atoms with van der Waals surface area (Å²) >= 11 is 0. The van der Waals surface area contributed by atoms with Crippen molar-refractivity contribution < 1.29 is 8.91 Å². The van der Waals surface area contributed by atoms with E-state index < -0.39 is 0 Å². The van der Waals surface area contributed by atoms with Crippen LogP contribution in [0.5, 0.6) is 0 Å². The molecule has 22 heavy (non-hydrogen) atoms. The Kier molecular flexibility index (Phi) is 3.03. The number of hydrogen-bond acceptors (Lipinski definition) is 5. The quantitative estimate of drug-likeness (QED) is 0.800. The third-order valence-electron chi connectivity index (χ3n) is 4.53. The van der Waals surface area contributed by atoms with E-state index in [2.05, 4.69) is 20.4 Å². The van der Waals surface area contributed by atoms with E-state index in [1.807, 2.05) is 12.1 Å². The lowest BCUT2D eigenvalue weighted by Crippen LogP contribution is -2.41. The first kappa shape index (κ1) is 13.2. The van der Waals surface area contributed by atoms with E-state index in [0.717, 1.165) is 30.6 Å². The van der Waals surface area contributed by atoms with E-state index in [4.69, 9.17) is 4.52 Å². The highest BCUT2D eigenvalue weighted by Crippen LogP contribution is 2.43. The summed E-state index contributed by atoms with van der Waals surface area (Å²) in [7, 11) is 0. The van der Waals surface area contributed by atoms with Crippen molar-refractivity contribution in [3.8, 4) is 0 Å². The summed E-state index contributed by atoms with van der Waals surface area (Å²) in [6.45, 7) is 0.746. The van der Waals surface area contributed by atoms with Gasteiger partial charge in [-0.25, -0.2) is 9.37 Å². The number of halogens is 1. The Bertz CT molecular complexity index is 795. The maximum absolute atomic E-state index is 13.1. The van der Waals surface area contributed by atoms with Crippen LogP contribution < -0.4 is 5.32 Å². The molecule has 1 N–H and O–H groups in total. The van der Waals surface area contributed by atoms with Crippen LogP contribution >= 0.6 is 0 Å². The summed E-state index contributed by atoms with van der Waals surface area (Å²) in [4.78, 5) is 8.29. The standard InChI is InChI=1S/C16H15FN4O/c17-12-4-2-11(3-5-12)16(6-1-7-16)9-18-14-13-8-21-22-15(13)20-10-19-14/h2-5,8,10H,1,6-7,9H2,(H,18,19,20). The molecule has 2 heterocycles. The summed E-state index contributed by atoms with van der Waals surface area (Å²) in [6, 6.07) is 6.81. The zero-order valence-electron chi connectivity index (χ0n) is 11.9. The van der Waals surface area contributed by atoms with Crippen molar-refractivity contribution in [2.45, 2.75) is 24.7 Å². The Hall–Kier alpha value is -2.50. The molecule has 0 atom stereocenters. The van der Waals surface area contributed by atoms with Crippen molar-refractivity contribution in [2.24, 2.45) is 0 Å². The van der Waals surface area contributed by atoms with Gasteiger partial charge in [0.15, 0.2) is 0 Å². The SMILES string of the molecule is Fc1ccc(C2(CNc3ncnc4oncc34)CCC2)cc1. The first-order valence-electron chi connectivity index (χ1n) is 7.32. The van der Waals surface area contributed by atoms with Gasteiger partial charge in [-0.2, -0.15) is 4.98 Å². The lowest BCUT2D eigenvalue weighted by molar-refractivity contribution is 0.260. The second-order valence-electron chi connectivity index (χ2n) is 5.76. The fraction of sp³-hybridized carbons (Fsp3) is 0.312. The second-order valence-corrected chi connectivity index (χ2v) is 5.76. The molecule has 4 rings (SSSR count). The van der Waals surface area contributed by atoms with Crippen LogP contribution in [0.4, 0.5) is 10.2 Å². The smallest absolute Gasteiger partial charge is 0.262 e. The first-order chi connectivity index (χ1) is 10.8. The van der Waals surface area contributed by atoms with Gasteiger partial charge in [0, 0.05) is 12.0 Å². The lowest BCUT2D eigenvalue weighted by Gasteiger charge is -2.42. The number of fused-ring (bicyclic) bond motifs is 1. The van der Waals surface area contributed by atoms with E-state index in [9.17, 15) is 4.39 Å². The molecule has 0 amide bonds. The number of hydrogen-bond donors (Lipinski definition) is 1. The van der Waals surface area contributed by atoms with E-state index >= 15 is 0 Å². The summed E-state index contributed by atoms with van der Waals surface area (Å²) in [5, 5.41) is 7.91. The minimum atomic E-state index is -0.201. The van der Waals surface area contributed by atoms with Crippen LogP contribution in [0.15, 0.2) is 41.3 Å². The average Bonchev–Trinajstić information content (AvgIpc) is 2.97. The number of nitrogens with one attached hydrogen (secondary N) is 1. The van der Waals surface area contributed by atoms with Crippen LogP contribution in [-0.4, -0.2) is 21.7 Å². The second kappa shape index (κ2) is 5.05. The normalized spacial score (nSPS) is 16.4. The molecule has 0 saturated heterocycles. The van der Waals surface area contributed by atoms with Crippen molar-refractivity contribution in [3.05, 3.63) is 48.2 Å². The highest BCUT2D eigenvalue weighted by Gasteiger charge is 2.38. The molecule has 1 aromatic carbocycles. The number of rotatable bonds is 4. The summed E-state index contributed by atoms with van der Waals surface area (Å²) in [5.41, 5.74) is 1.69. The van der Waals surface area contributed by atoms with E-state index in [1.54, 1.807) is 6.20 Å². The number of benzene rings is 1. The van der Waals surface area contributed by atoms with Crippen molar-refractivity contribution in [1.29, 1.82) is 0 Å². The third-order valence-corrected chi connectivity index (χ3v) is 4.53. The molecule has 112 valence electrons. The molecule has 0 aliphatic heterocycles. The van der Waals surface area contributed by atoms with Gasteiger partial charge in [-0.3, -0.25) is 0 Å². The van der Waals surface area contributed by atoms with E-state index in [-0.39, 0.29) is 11.2 Å². The highest BCUT2D eigenvalue weighted by atomic mass is 19.1. The van der Waals surface area contributed by atoms with Crippen molar-refractivity contribution >= 4 is 16.9 Å². The van der Waals surface area contributed by atoms with Crippen molar-refractivity contribution in [2.75, 3.05) is 11.9 Å². The van der Waals surface area contributed by atoms with Gasteiger partial charge in [0.2, 0.25) is 0 Å². The lowest BCUT2D eigenvalue weighted by atomic mass is 9.64. The number of aromatic nitrogens is 3. The molecule has 1 fully saturated rings. The molecule has 0 bridgehead atoms. The molecular weight excluding hydrogens is 283 g/mol. The van der Waals surface area contributed by atoms with Crippen LogP contribution in [0.25, 0.3) is 11.1 Å². The molecule has 0 radical (unpaired) electrons. The highest BCUT2D eigenvalue weighted by molar-refractivity contribution is 5.84. The average molecular weight is 298 g/mol. The van der Waals surface area contributed by atoms with Crippen LogP contribution in [0.2, 0.25) is 0 Å². The van der Waals surface area contributed by atoms with Gasteiger partial charge in [-0.1, -0.05) is 23.7 Å². The molecule has 5 nitrogen and oxygen atoms in total. The summed E-state index contributed by atoms with van der Waals surface area (Å²) in [5.74, 6) is 0.521. The third kappa shape index (κ3) is 2.11. The molecule has 0 unspecified atom stereocenters. The van der Waals surface area contributed by atoms with Crippen LogP contribution in [0.1, 0.15) is 24.8 Å². The fourth-order valence-electron chi connectivity index (χ4n) is 3.07. The van der Waals surface area contributed by atoms with Crippen molar-refractivity contribution in [3.63, 3.8) is 0 Å². The fourth-order valence-corrected chi connectivity index (χ4v) is 3.07. The molecule has 1 saturated carbocycles. The van der Waals surface area contributed by atoms with Gasteiger partial charge in [0.1, 0.15) is 23.3 Å².